The molecule has 2 atom stereocenters. The number of hydrogen-bond acceptors (Lipinski definition) is 2. The van der Waals surface area contributed by atoms with Crippen molar-refractivity contribution in [1.29, 1.82) is 0 Å². The third-order valence-corrected chi connectivity index (χ3v) is 16.6. The molecule has 0 saturated carbocycles. The first-order valence-corrected chi connectivity index (χ1v) is 10.8. The van der Waals surface area contributed by atoms with Gasteiger partial charge in [-0.05, 0) is 39.0 Å². The Bertz CT molecular complexity index is 165. The fourth-order valence-corrected chi connectivity index (χ4v) is 8.03. The molecule has 0 spiro atoms. The molecule has 0 aromatic rings. The molecule has 1 N–H and O–H groups in total. The van der Waals surface area contributed by atoms with Gasteiger partial charge in [0, 0.05) is 6.10 Å². The van der Waals surface area contributed by atoms with Crippen molar-refractivity contribution in [3.63, 3.8) is 0 Å². The van der Waals surface area contributed by atoms with E-state index < -0.39 is 15.7 Å². The van der Waals surface area contributed by atoms with Crippen molar-refractivity contribution >= 4 is 118 Å². The van der Waals surface area contributed by atoms with Crippen LogP contribution in [0, 0.1) is 0 Å². The van der Waals surface area contributed by atoms with Gasteiger partial charge in [-0.15, -0.1) is 0 Å². The summed E-state index contributed by atoms with van der Waals surface area (Å²) in [4.78, 5) is 10.1. The maximum atomic E-state index is 10.1. The molecule has 1 aliphatic heterocycles. The van der Waals surface area contributed by atoms with Crippen molar-refractivity contribution < 1.29 is 9.22 Å². The quantitative estimate of drug-likeness (QED) is 0.644. The van der Waals surface area contributed by atoms with Gasteiger partial charge < -0.3 is 9.22 Å². The molecule has 0 bridgehead atoms. The van der Waals surface area contributed by atoms with Crippen molar-refractivity contribution in [2.75, 3.05) is 0 Å². The van der Waals surface area contributed by atoms with E-state index >= 15 is 0 Å². The van der Waals surface area contributed by atoms with Crippen LogP contribution in [0.5, 0.6) is 0 Å². The normalized spacial score (nSPS) is 37.2. The van der Waals surface area contributed by atoms with Crippen LogP contribution in [0.2, 0.25) is 25.7 Å². The minimum absolute atomic E-state index is 0. The summed E-state index contributed by atoms with van der Waals surface area (Å²) in [6, 6.07) is 1.04. The van der Waals surface area contributed by atoms with Crippen LogP contribution in [-0.2, 0) is 4.43 Å². The van der Waals surface area contributed by atoms with Gasteiger partial charge in [-0.1, -0.05) is 0 Å². The van der Waals surface area contributed by atoms with Crippen LogP contribution in [0.4, 0.5) is 0 Å². The standard InChI is InChI=1S/C7H18O2Si2.2K.2H/c1-7-5-6-11(4,8)10(2,3)9-7;;;;/h7-8H,5-6H2,1-4H3;;;;. The zero-order valence-electron chi connectivity index (χ0n) is 7.85. The van der Waals surface area contributed by atoms with E-state index in [0.717, 1.165) is 12.5 Å². The Morgan fingerprint density at radius 1 is 1.23 bits per heavy atom. The summed E-state index contributed by atoms with van der Waals surface area (Å²) >= 11 is 0. The minimum atomic E-state index is -1.94. The first-order chi connectivity index (χ1) is 4.85. The molecule has 1 rings (SSSR count). The van der Waals surface area contributed by atoms with Crippen molar-refractivity contribution in [2.24, 2.45) is 0 Å². The zero-order valence-corrected chi connectivity index (χ0v) is 9.85. The SMILES string of the molecule is CC1CC[Si](C)(O)[Si](C)(C)O1.[KH].[KH]. The van der Waals surface area contributed by atoms with Crippen LogP contribution in [-0.4, -0.2) is 129 Å². The molecule has 0 aliphatic carbocycles. The van der Waals surface area contributed by atoms with E-state index in [0.29, 0.717) is 6.10 Å². The van der Waals surface area contributed by atoms with Gasteiger partial charge in [-0.3, -0.25) is 0 Å². The van der Waals surface area contributed by atoms with E-state index in [-0.39, 0.29) is 103 Å². The van der Waals surface area contributed by atoms with Crippen LogP contribution in [0.25, 0.3) is 0 Å². The second kappa shape index (κ2) is 7.15. The van der Waals surface area contributed by atoms with Crippen molar-refractivity contribution in [2.45, 2.75) is 45.1 Å². The summed E-state index contributed by atoms with van der Waals surface area (Å²) in [7, 11) is -3.63. The van der Waals surface area contributed by atoms with Gasteiger partial charge in [-0.2, -0.15) is 0 Å². The molecular weight excluding hydrogens is 250 g/mol. The van der Waals surface area contributed by atoms with Gasteiger partial charge in [-0.25, -0.2) is 0 Å². The van der Waals surface area contributed by atoms with E-state index in [2.05, 4.69) is 20.0 Å². The summed E-state index contributed by atoms with van der Waals surface area (Å²) in [6.45, 7) is 8.45. The molecule has 1 heterocycles. The third kappa shape index (κ3) is 5.20. The molecule has 2 unspecified atom stereocenters. The zero-order chi connectivity index (χ0) is 8.70. The third-order valence-electron chi connectivity index (χ3n) is 2.83. The molecule has 70 valence electrons. The van der Waals surface area contributed by atoms with Gasteiger partial charge in [0.05, 0.1) is 0 Å². The van der Waals surface area contributed by atoms with Crippen LogP contribution in [0.15, 0.2) is 0 Å². The van der Waals surface area contributed by atoms with E-state index in [1.807, 2.05) is 6.55 Å². The molecule has 0 aromatic heterocycles. The summed E-state index contributed by atoms with van der Waals surface area (Å²) in [5.41, 5.74) is 0. The van der Waals surface area contributed by atoms with Crippen LogP contribution in [0.3, 0.4) is 0 Å². The Kier molecular flexibility index (Phi) is 10.4. The van der Waals surface area contributed by atoms with E-state index in [4.69, 9.17) is 4.43 Å². The van der Waals surface area contributed by atoms with Gasteiger partial charge >= 0.3 is 103 Å². The fourth-order valence-electron chi connectivity index (χ4n) is 1.47. The molecule has 1 aliphatic rings. The van der Waals surface area contributed by atoms with Crippen LogP contribution < -0.4 is 0 Å². The second-order valence-electron chi connectivity index (χ2n) is 4.25. The molecule has 0 radical (unpaired) electrons. The first-order valence-electron chi connectivity index (χ1n) is 4.25. The van der Waals surface area contributed by atoms with Crippen molar-refractivity contribution in [3.8, 4) is 0 Å². The summed E-state index contributed by atoms with van der Waals surface area (Å²) < 4.78 is 5.84. The van der Waals surface area contributed by atoms with Gasteiger partial charge in [0.1, 0.15) is 0 Å². The summed E-state index contributed by atoms with van der Waals surface area (Å²) in [6.07, 6.45) is 1.43. The Labute approximate surface area is 168 Å². The van der Waals surface area contributed by atoms with Gasteiger partial charge in [0.15, 0.2) is 0 Å². The number of hydrogen-bond donors (Lipinski definition) is 1. The topological polar surface area (TPSA) is 29.5 Å². The Morgan fingerprint density at radius 2 is 1.69 bits per heavy atom. The molecule has 0 aromatic carbocycles. The molecule has 13 heavy (non-hydrogen) atoms. The number of rotatable bonds is 0. The van der Waals surface area contributed by atoms with Gasteiger partial charge in [0.2, 0.25) is 15.7 Å². The molecular formula is C7H20K2O2Si2. The molecule has 1 saturated heterocycles. The van der Waals surface area contributed by atoms with E-state index in [1.54, 1.807) is 0 Å². The fraction of sp³-hybridized carbons (Fsp3) is 1.00. The molecule has 1 fully saturated rings. The predicted molar refractivity (Wildman–Crippen MR) is 65.6 cm³/mol. The Morgan fingerprint density at radius 3 is 2.00 bits per heavy atom. The van der Waals surface area contributed by atoms with Crippen molar-refractivity contribution in [3.05, 3.63) is 0 Å². The first kappa shape index (κ1) is 19.0. The molecule has 0 amide bonds. The van der Waals surface area contributed by atoms with Crippen LogP contribution in [0.1, 0.15) is 13.3 Å². The van der Waals surface area contributed by atoms with Gasteiger partial charge in [0.25, 0.3) is 0 Å². The predicted octanol–water partition coefficient (Wildman–Crippen LogP) is 0.349. The Hall–Kier alpha value is 3.63. The average Bonchev–Trinajstić information content (AvgIpc) is 1.80. The summed E-state index contributed by atoms with van der Waals surface area (Å²) in [5.74, 6) is 0. The van der Waals surface area contributed by atoms with E-state index in [9.17, 15) is 4.80 Å². The van der Waals surface area contributed by atoms with Crippen molar-refractivity contribution in [1.82, 2.24) is 0 Å². The van der Waals surface area contributed by atoms with Crippen LogP contribution >= 0.6 is 0 Å². The second-order valence-corrected chi connectivity index (χ2v) is 17.4. The molecule has 2 nitrogen and oxygen atoms in total. The molecule has 6 heteroatoms. The monoisotopic (exact) mass is 270 g/mol. The average molecular weight is 271 g/mol. The summed E-state index contributed by atoms with van der Waals surface area (Å²) in [5, 5.41) is 0. The van der Waals surface area contributed by atoms with E-state index in [1.165, 1.54) is 0 Å². The Balaban J connectivity index is 0. The maximum absolute atomic E-state index is 10.1.